The summed E-state index contributed by atoms with van der Waals surface area (Å²) >= 11 is 0. The molecule has 14 nitrogen and oxygen atoms in total. The molecule has 3 aromatic rings. The SMILES string of the molecule is CC(C)(C)C1CN(C(=N)c2cccc(NC(=O)Nc3ccc(S(=O)(=O)NCc4ccc(S(N)(=O)=O)cc4)cc3)c2)CCN1C(=O)O. The summed E-state index contributed by atoms with van der Waals surface area (Å²) < 4.78 is 50.7. The average Bonchev–Trinajstić information content (AvgIpc) is 2.99. The van der Waals surface area contributed by atoms with Crippen molar-refractivity contribution in [2.45, 2.75) is 43.1 Å². The largest absolute Gasteiger partial charge is 0.465 e. The van der Waals surface area contributed by atoms with Gasteiger partial charge in [-0.1, -0.05) is 45.0 Å². The zero-order valence-electron chi connectivity index (χ0n) is 25.5. The van der Waals surface area contributed by atoms with E-state index in [-0.39, 0.29) is 40.2 Å². The van der Waals surface area contributed by atoms with Gasteiger partial charge in [0.25, 0.3) is 0 Å². The summed E-state index contributed by atoms with van der Waals surface area (Å²) in [7, 11) is -7.77. The second kappa shape index (κ2) is 13.5. The van der Waals surface area contributed by atoms with Crippen LogP contribution < -0.4 is 20.5 Å². The van der Waals surface area contributed by atoms with Crippen LogP contribution in [-0.4, -0.2) is 75.4 Å². The van der Waals surface area contributed by atoms with Crippen LogP contribution in [0.15, 0.2) is 82.6 Å². The number of nitrogens with one attached hydrogen (secondary N) is 4. The monoisotopic (exact) mass is 671 g/mol. The van der Waals surface area contributed by atoms with E-state index in [2.05, 4.69) is 15.4 Å². The summed E-state index contributed by atoms with van der Waals surface area (Å²) in [5.74, 6) is 0.217. The van der Waals surface area contributed by atoms with Gasteiger partial charge in [0.05, 0.1) is 15.8 Å². The number of carboxylic acid groups (broad SMARTS) is 1. The summed E-state index contributed by atoms with van der Waals surface area (Å²) in [5.41, 5.74) is 1.52. The molecule has 1 unspecified atom stereocenters. The smallest absolute Gasteiger partial charge is 0.407 e. The van der Waals surface area contributed by atoms with Crippen molar-refractivity contribution in [3.63, 3.8) is 0 Å². The van der Waals surface area contributed by atoms with Crippen LogP contribution in [0.2, 0.25) is 0 Å². The molecule has 0 radical (unpaired) electrons. The molecule has 1 atom stereocenters. The Morgan fingerprint density at radius 2 is 1.52 bits per heavy atom. The summed E-state index contributed by atoms with van der Waals surface area (Å²) in [6.45, 7) is 6.83. The van der Waals surface area contributed by atoms with Crippen molar-refractivity contribution in [1.82, 2.24) is 14.5 Å². The maximum absolute atomic E-state index is 12.7. The molecule has 246 valence electrons. The van der Waals surface area contributed by atoms with Crippen LogP contribution in [0, 0.1) is 10.8 Å². The summed E-state index contributed by atoms with van der Waals surface area (Å²) in [6.07, 6.45) is -0.982. The molecule has 4 rings (SSSR count). The Kier molecular flexibility index (Phi) is 10.1. The van der Waals surface area contributed by atoms with Crippen molar-refractivity contribution in [3.8, 4) is 0 Å². The standard InChI is InChI=1S/C30H37N7O7S2/c1-30(2,3)26-19-36(15-16-37(26)29(39)40)27(31)21-5-4-6-23(17-21)35-28(38)34-22-9-13-25(14-10-22)46(43,44)33-18-20-7-11-24(12-8-20)45(32,41)42/h4-14,17,26,31,33H,15-16,18-19H2,1-3H3,(H,39,40)(H2,32,41,42)(H2,34,35,38). The third-order valence-electron chi connectivity index (χ3n) is 7.48. The molecule has 1 aliphatic rings. The van der Waals surface area contributed by atoms with Gasteiger partial charge in [-0.05, 0) is 59.5 Å². The highest BCUT2D eigenvalue weighted by molar-refractivity contribution is 7.89. The second-order valence-corrected chi connectivity index (χ2v) is 15.2. The van der Waals surface area contributed by atoms with E-state index in [1.54, 1.807) is 24.3 Å². The molecule has 0 saturated carbocycles. The summed E-state index contributed by atoms with van der Waals surface area (Å²) in [6, 6.07) is 16.9. The lowest BCUT2D eigenvalue weighted by molar-refractivity contribution is 0.0424. The fourth-order valence-corrected chi connectivity index (χ4v) is 6.49. The molecule has 0 aliphatic carbocycles. The van der Waals surface area contributed by atoms with Gasteiger partial charge in [0.2, 0.25) is 20.0 Å². The van der Waals surface area contributed by atoms with Gasteiger partial charge in [-0.3, -0.25) is 5.41 Å². The molecule has 46 heavy (non-hydrogen) atoms. The number of benzene rings is 3. The van der Waals surface area contributed by atoms with Crippen LogP contribution in [0.3, 0.4) is 0 Å². The van der Waals surface area contributed by atoms with Crippen LogP contribution in [0.25, 0.3) is 0 Å². The Labute approximate surface area is 268 Å². The fraction of sp³-hybridized carbons (Fsp3) is 0.300. The number of carbonyl (C=O) groups is 2. The fourth-order valence-electron chi connectivity index (χ4n) is 4.95. The van der Waals surface area contributed by atoms with Crippen LogP contribution in [0.5, 0.6) is 0 Å². The van der Waals surface area contributed by atoms with Gasteiger partial charge in [0, 0.05) is 43.1 Å². The molecule has 0 bridgehead atoms. The van der Waals surface area contributed by atoms with E-state index in [1.807, 2.05) is 25.7 Å². The Balaban J connectivity index is 1.34. The van der Waals surface area contributed by atoms with E-state index in [0.717, 1.165) is 0 Å². The number of hydrogen-bond acceptors (Lipinski definition) is 7. The summed E-state index contributed by atoms with van der Waals surface area (Å²) in [5, 5.41) is 28.9. The van der Waals surface area contributed by atoms with E-state index in [1.165, 1.54) is 53.4 Å². The predicted molar refractivity (Wildman–Crippen MR) is 174 cm³/mol. The molecule has 1 fully saturated rings. The summed E-state index contributed by atoms with van der Waals surface area (Å²) in [4.78, 5) is 27.6. The van der Waals surface area contributed by atoms with E-state index in [4.69, 9.17) is 10.5 Å². The molecule has 0 spiro atoms. The van der Waals surface area contributed by atoms with Gasteiger partial charge in [0.1, 0.15) is 5.84 Å². The lowest BCUT2D eigenvalue weighted by Crippen LogP contribution is -2.60. The number of urea groups is 1. The van der Waals surface area contributed by atoms with Crippen LogP contribution >= 0.6 is 0 Å². The molecule has 3 aromatic carbocycles. The lowest BCUT2D eigenvalue weighted by atomic mass is 9.84. The number of nitrogens with zero attached hydrogens (tertiary/aromatic N) is 2. The highest BCUT2D eigenvalue weighted by Gasteiger charge is 2.38. The number of hydrogen-bond donors (Lipinski definition) is 6. The van der Waals surface area contributed by atoms with Gasteiger partial charge in [-0.15, -0.1) is 0 Å². The topological polar surface area (TPSA) is 215 Å². The van der Waals surface area contributed by atoms with Crippen LogP contribution in [0.4, 0.5) is 21.0 Å². The van der Waals surface area contributed by atoms with Gasteiger partial charge < -0.3 is 25.5 Å². The number of amides is 3. The number of anilines is 2. The van der Waals surface area contributed by atoms with Crippen molar-refractivity contribution < 1.29 is 31.5 Å². The molecule has 1 aliphatic heterocycles. The Morgan fingerprint density at radius 1 is 0.913 bits per heavy atom. The highest BCUT2D eigenvalue weighted by Crippen LogP contribution is 2.29. The van der Waals surface area contributed by atoms with Crippen molar-refractivity contribution >= 4 is 49.4 Å². The highest BCUT2D eigenvalue weighted by atomic mass is 32.2. The maximum Gasteiger partial charge on any atom is 0.407 e. The minimum atomic E-state index is -3.91. The predicted octanol–water partition coefficient (Wildman–Crippen LogP) is 3.49. The number of piperazine rings is 1. The normalized spacial score (nSPS) is 15.7. The zero-order valence-corrected chi connectivity index (χ0v) is 27.2. The van der Waals surface area contributed by atoms with Crippen molar-refractivity contribution in [3.05, 3.63) is 83.9 Å². The van der Waals surface area contributed by atoms with Crippen molar-refractivity contribution in [2.75, 3.05) is 30.3 Å². The zero-order chi connectivity index (χ0) is 33.9. The average molecular weight is 672 g/mol. The quantitative estimate of drug-likeness (QED) is 0.154. The van der Waals surface area contributed by atoms with Gasteiger partial charge in [-0.25, -0.2) is 36.3 Å². The third kappa shape index (κ3) is 8.60. The van der Waals surface area contributed by atoms with E-state index < -0.39 is 32.2 Å². The number of nitrogens with two attached hydrogens (primary N) is 1. The Morgan fingerprint density at radius 3 is 2.11 bits per heavy atom. The number of amidine groups is 1. The first kappa shape index (κ1) is 34.4. The van der Waals surface area contributed by atoms with Crippen molar-refractivity contribution in [2.24, 2.45) is 10.6 Å². The lowest BCUT2D eigenvalue weighted by Gasteiger charge is -2.46. The van der Waals surface area contributed by atoms with E-state index in [0.29, 0.717) is 35.6 Å². The number of primary sulfonamides is 1. The first-order valence-corrected chi connectivity index (χ1v) is 17.2. The number of rotatable bonds is 8. The van der Waals surface area contributed by atoms with Gasteiger partial charge >= 0.3 is 12.1 Å². The molecule has 1 heterocycles. The second-order valence-electron chi connectivity index (χ2n) is 11.9. The molecule has 7 N–H and O–H groups in total. The Hall–Kier alpha value is -4.51. The first-order chi connectivity index (χ1) is 21.4. The number of carbonyl (C=O) groups excluding carboxylic acids is 1. The minimum Gasteiger partial charge on any atom is -0.465 e. The number of sulfonamides is 2. The molecule has 16 heteroatoms. The molecular formula is C30H37N7O7S2. The van der Waals surface area contributed by atoms with Crippen molar-refractivity contribution in [1.29, 1.82) is 5.41 Å². The first-order valence-electron chi connectivity index (χ1n) is 14.2. The van der Waals surface area contributed by atoms with Crippen LogP contribution in [0.1, 0.15) is 31.9 Å². The van der Waals surface area contributed by atoms with Gasteiger partial charge in [-0.2, -0.15) is 0 Å². The third-order valence-corrected chi connectivity index (χ3v) is 9.82. The molecule has 3 amide bonds. The maximum atomic E-state index is 12.7. The molecular weight excluding hydrogens is 635 g/mol. The van der Waals surface area contributed by atoms with Crippen LogP contribution in [-0.2, 0) is 26.6 Å². The molecule has 0 aromatic heterocycles. The Bertz CT molecular complexity index is 1820. The van der Waals surface area contributed by atoms with E-state index in [9.17, 15) is 31.5 Å². The minimum absolute atomic E-state index is 0.0382. The van der Waals surface area contributed by atoms with Gasteiger partial charge in [0.15, 0.2) is 0 Å². The molecule has 1 saturated heterocycles. The van der Waals surface area contributed by atoms with E-state index >= 15 is 0 Å².